The van der Waals surface area contributed by atoms with E-state index in [0.717, 1.165) is 57.1 Å². The quantitative estimate of drug-likeness (QED) is 0.704. The highest BCUT2D eigenvalue weighted by Gasteiger charge is 2.17. The number of aryl methyl sites for hydroxylation is 2. The van der Waals surface area contributed by atoms with Gasteiger partial charge in [-0.1, -0.05) is 30.9 Å². The summed E-state index contributed by atoms with van der Waals surface area (Å²) < 4.78 is 0. The number of nitrogens with zero attached hydrogens (tertiary/aromatic N) is 4. The Labute approximate surface area is 161 Å². The molecule has 1 aromatic heterocycles. The fourth-order valence-electron chi connectivity index (χ4n) is 3.27. The van der Waals surface area contributed by atoms with Gasteiger partial charge in [0.2, 0.25) is 0 Å². The molecule has 4 heteroatoms. The van der Waals surface area contributed by atoms with Crippen LogP contribution in [-0.2, 0) is 0 Å². The summed E-state index contributed by atoms with van der Waals surface area (Å²) in [6.45, 7) is 10.1. The molecule has 0 atom stereocenters. The molecule has 2 aromatic rings. The monoisotopic (exact) mass is 358 g/mol. The van der Waals surface area contributed by atoms with E-state index in [4.69, 9.17) is 4.98 Å². The minimum absolute atomic E-state index is 0.800. The van der Waals surface area contributed by atoms with Crippen LogP contribution in [-0.4, -0.2) is 35.4 Å². The molecular formula is C23H26N4. The van der Waals surface area contributed by atoms with Crippen LogP contribution >= 0.6 is 0 Å². The fourth-order valence-corrected chi connectivity index (χ4v) is 3.27. The first-order chi connectivity index (χ1) is 12.9. The summed E-state index contributed by atoms with van der Waals surface area (Å²) in [5, 5.41) is 8.48. The Morgan fingerprint density at radius 1 is 1.11 bits per heavy atom. The van der Waals surface area contributed by atoms with Gasteiger partial charge in [-0.15, -0.1) is 0 Å². The number of allylic oxidation sites excluding steroid dienone is 2. The van der Waals surface area contributed by atoms with Gasteiger partial charge in [-0.3, -0.25) is 4.98 Å². The summed E-state index contributed by atoms with van der Waals surface area (Å²) >= 11 is 0. The standard InChI is InChI=1S/C23H26N4/c1-7-18(14-27(5)6)19-9-8-10-20(13-19)23-15(2)11-21(17(4)24-23)22-12-16(3)25-26-22/h7-11,13-14H,1,12H2,2-6H3/b18-14+. The van der Waals surface area contributed by atoms with Gasteiger partial charge >= 0.3 is 0 Å². The van der Waals surface area contributed by atoms with Crippen LogP contribution in [0.1, 0.15) is 35.7 Å². The Kier molecular flexibility index (Phi) is 5.36. The van der Waals surface area contributed by atoms with E-state index >= 15 is 0 Å². The number of hydrogen-bond donors (Lipinski definition) is 0. The third kappa shape index (κ3) is 4.05. The van der Waals surface area contributed by atoms with Crippen molar-refractivity contribution in [2.75, 3.05) is 14.1 Å². The molecule has 0 saturated carbocycles. The lowest BCUT2D eigenvalue weighted by Gasteiger charge is -2.13. The highest BCUT2D eigenvalue weighted by Crippen LogP contribution is 2.28. The van der Waals surface area contributed by atoms with Gasteiger partial charge in [0.25, 0.3) is 0 Å². The molecule has 0 unspecified atom stereocenters. The summed E-state index contributed by atoms with van der Waals surface area (Å²) in [5.74, 6) is 0. The van der Waals surface area contributed by atoms with E-state index in [1.165, 1.54) is 0 Å². The van der Waals surface area contributed by atoms with Crippen LogP contribution < -0.4 is 0 Å². The number of rotatable bonds is 5. The Morgan fingerprint density at radius 2 is 1.89 bits per heavy atom. The maximum Gasteiger partial charge on any atom is 0.0777 e. The van der Waals surface area contributed by atoms with E-state index in [2.05, 4.69) is 60.2 Å². The van der Waals surface area contributed by atoms with E-state index < -0.39 is 0 Å². The van der Waals surface area contributed by atoms with Gasteiger partial charge in [0.15, 0.2) is 0 Å². The average Bonchev–Trinajstić information content (AvgIpc) is 3.07. The number of benzene rings is 1. The topological polar surface area (TPSA) is 40.9 Å². The third-order valence-corrected chi connectivity index (χ3v) is 4.57. The highest BCUT2D eigenvalue weighted by atomic mass is 15.2. The van der Waals surface area contributed by atoms with Gasteiger partial charge in [0.05, 0.1) is 11.4 Å². The van der Waals surface area contributed by atoms with E-state index in [1.54, 1.807) is 0 Å². The van der Waals surface area contributed by atoms with Crippen molar-refractivity contribution in [2.24, 2.45) is 10.2 Å². The Hall–Kier alpha value is -3.01. The Bertz CT molecular complexity index is 978. The zero-order valence-corrected chi connectivity index (χ0v) is 16.7. The largest absolute Gasteiger partial charge is 0.383 e. The summed E-state index contributed by atoms with van der Waals surface area (Å²) in [4.78, 5) is 6.94. The second kappa shape index (κ2) is 7.70. The third-order valence-electron chi connectivity index (χ3n) is 4.57. The smallest absolute Gasteiger partial charge is 0.0777 e. The second-order valence-electron chi connectivity index (χ2n) is 7.18. The lowest BCUT2D eigenvalue weighted by atomic mass is 9.97. The normalized spacial score (nSPS) is 14.0. The number of aromatic nitrogens is 1. The van der Waals surface area contributed by atoms with Crippen molar-refractivity contribution in [1.29, 1.82) is 0 Å². The molecule has 3 rings (SSSR count). The van der Waals surface area contributed by atoms with Gasteiger partial charge < -0.3 is 4.90 Å². The van der Waals surface area contributed by atoms with Gasteiger partial charge in [0, 0.05) is 49.2 Å². The van der Waals surface area contributed by atoms with Crippen molar-refractivity contribution in [1.82, 2.24) is 9.88 Å². The molecule has 0 amide bonds. The molecule has 27 heavy (non-hydrogen) atoms. The van der Waals surface area contributed by atoms with Crippen LogP contribution in [0.4, 0.5) is 0 Å². The first kappa shape index (κ1) is 18.8. The van der Waals surface area contributed by atoms with Crippen LogP contribution in [0.5, 0.6) is 0 Å². The molecule has 0 bridgehead atoms. The molecule has 4 nitrogen and oxygen atoms in total. The van der Waals surface area contributed by atoms with E-state index in [1.807, 2.05) is 38.9 Å². The van der Waals surface area contributed by atoms with Crippen molar-refractivity contribution < 1.29 is 0 Å². The van der Waals surface area contributed by atoms with Crippen molar-refractivity contribution in [2.45, 2.75) is 27.2 Å². The predicted octanol–water partition coefficient (Wildman–Crippen LogP) is 5.02. The van der Waals surface area contributed by atoms with Gasteiger partial charge in [-0.05, 0) is 49.6 Å². The molecule has 0 spiro atoms. The minimum atomic E-state index is 0.800. The highest BCUT2D eigenvalue weighted by molar-refractivity contribution is 6.15. The summed E-state index contributed by atoms with van der Waals surface area (Å²) in [6.07, 6.45) is 4.75. The maximum atomic E-state index is 4.91. The first-order valence-corrected chi connectivity index (χ1v) is 9.09. The minimum Gasteiger partial charge on any atom is -0.383 e. The summed E-state index contributed by atoms with van der Waals surface area (Å²) in [6, 6.07) is 10.6. The molecule has 138 valence electrons. The fraction of sp³-hybridized carbons (Fsp3) is 0.261. The molecule has 1 aliphatic rings. The molecule has 0 radical (unpaired) electrons. The first-order valence-electron chi connectivity index (χ1n) is 9.09. The van der Waals surface area contributed by atoms with E-state index in [0.29, 0.717) is 0 Å². The predicted molar refractivity (Wildman–Crippen MR) is 115 cm³/mol. The van der Waals surface area contributed by atoms with Gasteiger partial charge in [0.1, 0.15) is 0 Å². The van der Waals surface area contributed by atoms with Gasteiger partial charge in [-0.25, -0.2) is 0 Å². The van der Waals surface area contributed by atoms with Crippen LogP contribution in [0, 0.1) is 13.8 Å². The van der Waals surface area contributed by atoms with E-state index in [9.17, 15) is 0 Å². The lowest BCUT2D eigenvalue weighted by Crippen LogP contribution is -2.07. The Balaban J connectivity index is 2.01. The van der Waals surface area contributed by atoms with Gasteiger partial charge in [-0.2, -0.15) is 10.2 Å². The average molecular weight is 358 g/mol. The SMILES string of the molecule is C=C/C(=C\N(C)C)c1cccc(-c2nc(C)c(C3=NN=C(C)C3)cc2C)c1. The van der Waals surface area contributed by atoms with Crippen LogP contribution in [0.2, 0.25) is 0 Å². The van der Waals surface area contributed by atoms with E-state index in [-0.39, 0.29) is 0 Å². The number of pyridine rings is 1. The molecule has 0 N–H and O–H groups in total. The second-order valence-corrected chi connectivity index (χ2v) is 7.18. The molecular weight excluding hydrogens is 332 g/mol. The zero-order chi connectivity index (χ0) is 19.6. The van der Waals surface area contributed by atoms with Crippen LogP contribution in [0.25, 0.3) is 16.8 Å². The number of hydrogen-bond acceptors (Lipinski definition) is 4. The molecule has 0 fully saturated rings. The Morgan fingerprint density at radius 3 is 2.52 bits per heavy atom. The van der Waals surface area contributed by atoms with Crippen molar-refractivity contribution in [3.8, 4) is 11.3 Å². The molecule has 2 heterocycles. The summed E-state index contributed by atoms with van der Waals surface area (Å²) in [5.41, 5.74) is 9.58. The maximum absolute atomic E-state index is 4.91. The molecule has 1 aliphatic heterocycles. The van der Waals surface area contributed by atoms with Crippen molar-refractivity contribution in [3.63, 3.8) is 0 Å². The van der Waals surface area contributed by atoms with Crippen LogP contribution in [0.15, 0.2) is 59.4 Å². The lowest BCUT2D eigenvalue weighted by molar-refractivity contribution is 0.566. The van der Waals surface area contributed by atoms with Crippen molar-refractivity contribution >= 4 is 17.0 Å². The molecule has 1 aromatic carbocycles. The molecule has 0 aliphatic carbocycles. The molecule has 0 saturated heterocycles. The van der Waals surface area contributed by atoms with Crippen LogP contribution in [0.3, 0.4) is 0 Å². The zero-order valence-electron chi connectivity index (χ0n) is 16.7. The summed E-state index contributed by atoms with van der Waals surface area (Å²) in [7, 11) is 4.02. The van der Waals surface area contributed by atoms with Crippen molar-refractivity contribution in [3.05, 3.63) is 71.6 Å².